The molecular formula is C10H14N2. The average molecular weight is 162 g/mol. The fourth-order valence-corrected chi connectivity index (χ4v) is 0.883. The van der Waals surface area contributed by atoms with E-state index in [2.05, 4.69) is 24.0 Å². The van der Waals surface area contributed by atoms with Gasteiger partial charge in [-0.25, -0.2) is 0 Å². The van der Waals surface area contributed by atoms with Gasteiger partial charge in [0.05, 0.1) is 11.7 Å². The summed E-state index contributed by atoms with van der Waals surface area (Å²) < 4.78 is 0. The van der Waals surface area contributed by atoms with Crippen LogP contribution in [0.4, 0.5) is 0 Å². The van der Waals surface area contributed by atoms with Gasteiger partial charge in [-0.3, -0.25) is 5.10 Å². The molecule has 1 aromatic carbocycles. The summed E-state index contributed by atoms with van der Waals surface area (Å²) in [7, 11) is 0. The molecule has 0 radical (unpaired) electrons. The van der Waals surface area contributed by atoms with E-state index >= 15 is 0 Å². The van der Waals surface area contributed by atoms with E-state index in [4.69, 9.17) is 0 Å². The molecule has 1 N–H and O–H groups in total. The summed E-state index contributed by atoms with van der Waals surface area (Å²) in [4.78, 5) is 0. The molecule has 2 heteroatoms. The molecule has 12 heavy (non-hydrogen) atoms. The number of aromatic nitrogens is 2. The molecule has 2 rings (SSSR count). The van der Waals surface area contributed by atoms with Crippen molar-refractivity contribution in [2.45, 2.75) is 20.3 Å². The zero-order chi connectivity index (χ0) is 8.81. The monoisotopic (exact) mass is 162 g/mol. The van der Waals surface area contributed by atoms with Crippen LogP contribution in [0.5, 0.6) is 0 Å². The quantitative estimate of drug-likeness (QED) is 0.633. The highest BCUT2D eigenvalue weighted by atomic mass is 15.1. The van der Waals surface area contributed by atoms with Crippen LogP contribution in [0.3, 0.4) is 0 Å². The fraction of sp³-hybridized carbons (Fsp3) is 0.300. The third kappa shape index (κ3) is 2.09. The van der Waals surface area contributed by atoms with E-state index < -0.39 is 0 Å². The zero-order valence-corrected chi connectivity index (χ0v) is 7.54. The average Bonchev–Trinajstić information content (AvgIpc) is 2.52. The van der Waals surface area contributed by atoms with Gasteiger partial charge in [0.15, 0.2) is 0 Å². The van der Waals surface area contributed by atoms with E-state index in [1.165, 1.54) is 6.42 Å². The molecule has 0 aliphatic heterocycles. The molecule has 1 heterocycles. The van der Waals surface area contributed by atoms with Crippen molar-refractivity contribution in [3.05, 3.63) is 30.5 Å². The maximum Gasteiger partial charge on any atom is 0.0650 e. The minimum atomic E-state index is 1.09. The summed E-state index contributed by atoms with van der Waals surface area (Å²) in [6.45, 7) is 4.25. The highest BCUT2D eigenvalue weighted by Crippen LogP contribution is 2.06. The lowest BCUT2D eigenvalue weighted by molar-refractivity contribution is 1.09. The van der Waals surface area contributed by atoms with Crippen LogP contribution in [-0.4, -0.2) is 10.2 Å². The van der Waals surface area contributed by atoms with E-state index in [1.54, 1.807) is 0 Å². The van der Waals surface area contributed by atoms with Gasteiger partial charge in [-0.05, 0) is 6.07 Å². The second-order valence-corrected chi connectivity index (χ2v) is 2.66. The van der Waals surface area contributed by atoms with Gasteiger partial charge in [0, 0.05) is 5.39 Å². The molecule has 0 amide bonds. The molecule has 2 nitrogen and oxygen atoms in total. The van der Waals surface area contributed by atoms with Crippen molar-refractivity contribution in [2.24, 2.45) is 0 Å². The number of nitrogens with zero attached hydrogens (tertiary/aromatic N) is 1. The lowest BCUT2D eigenvalue weighted by atomic mass is 10.3. The van der Waals surface area contributed by atoms with Crippen LogP contribution in [0.1, 0.15) is 20.3 Å². The van der Waals surface area contributed by atoms with Gasteiger partial charge in [-0.2, -0.15) is 5.10 Å². The van der Waals surface area contributed by atoms with Crippen LogP contribution in [-0.2, 0) is 0 Å². The molecule has 2 aromatic rings. The van der Waals surface area contributed by atoms with Gasteiger partial charge in [-0.1, -0.05) is 38.5 Å². The standard InChI is InChI=1S/C7H6N2.C3H8/c1-2-4-7-6(3-1)5-8-9-7;1-3-2/h1-5H,(H,8,9);3H2,1-2H3. The molecule has 0 saturated carbocycles. The summed E-state index contributed by atoms with van der Waals surface area (Å²) in [5, 5.41) is 7.91. The summed E-state index contributed by atoms with van der Waals surface area (Å²) >= 11 is 0. The molecule has 64 valence electrons. The Morgan fingerprint density at radius 3 is 2.58 bits per heavy atom. The first-order chi connectivity index (χ1) is 5.88. The normalized spacial score (nSPS) is 9.17. The van der Waals surface area contributed by atoms with Crippen LogP contribution in [0.15, 0.2) is 30.5 Å². The minimum absolute atomic E-state index is 1.09. The number of fused-ring (bicyclic) bond motifs is 1. The van der Waals surface area contributed by atoms with Crippen LogP contribution in [0, 0.1) is 0 Å². The van der Waals surface area contributed by atoms with Crippen molar-refractivity contribution in [2.75, 3.05) is 0 Å². The summed E-state index contributed by atoms with van der Waals surface area (Å²) in [5.74, 6) is 0. The molecule has 0 fully saturated rings. The van der Waals surface area contributed by atoms with Gasteiger partial charge in [0.1, 0.15) is 0 Å². The number of benzene rings is 1. The first-order valence-electron chi connectivity index (χ1n) is 4.26. The molecule has 0 bridgehead atoms. The highest BCUT2D eigenvalue weighted by Gasteiger charge is 1.88. The molecule has 0 aliphatic carbocycles. The van der Waals surface area contributed by atoms with Gasteiger partial charge in [-0.15, -0.1) is 0 Å². The first-order valence-corrected chi connectivity index (χ1v) is 4.26. The second kappa shape index (κ2) is 4.54. The zero-order valence-electron chi connectivity index (χ0n) is 7.54. The van der Waals surface area contributed by atoms with E-state index in [0.717, 1.165) is 10.9 Å². The Labute approximate surface area is 72.6 Å². The molecule has 0 unspecified atom stereocenters. The number of H-pyrrole nitrogens is 1. The topological polar surface area (TPSA) is 28.7 Å². The molecule has 0 spiro atoms. The van der Waals surface area contributed by atoms with Crippen molar-refractivity contribution in [1.82, 2.24) is 10.2 Å². The predicted molar refractivity (Wildman–Crippen MR) is 52.1 cm³/mol. The maximum atomic E-state index is 3.88. The summed E-state index contributed by atoms with van der Waals surface area (Å²) in [6.07, 6.45) is 3.06. The number of para-hydroxylation sites is 1. The van der Waals surface area contributed by atoms with Gasteiger partial charge in [0.25, 0.3) is 0 Å². The lowest BCUT2D eigenvalue weighted by Gasteiger charge is -1.81. The Morgan fingerprint density at radius 2 is 1.92 bits per heavy atom. The van der Waals surface area contributed by atoms with Gasteiger partial charge in [0.2, 0.25) is 0 Å². The van der Waals surface area contributed by atoms with Gasteiger partial charge < -0.3 is 0 Å². The fourth-order valence-electron chi connectivity index (χ4n) is 0.883. The van der Waals surface area contributed by atoms with E-state index in [-0.39, 0.29) is 0 Å². The summed E-state index contributed by atoms with van der Waals surface area (Å²) in [5.41, 5.74) is 1.09. The smallest absolute Gasteiger partial charge is 0.0650 e. The van der Waals surface area contributed by atoms with Crippen LogP contribution in [0.2, 0.25) is 0 Å². The number of hydrogen-bond acceptors (Lipinski definition) is 1. The van der Waals surface area contributed by atoms with E-state index in [0.29, 0.717) is 0 Å². The largest absolute Gasteiger partial charge is 0.278 e. The van der Waals surface area contributed by atoms with Crippen LogP contribution in [0.25, 0.3) is 10.9 Å². The number of aromatic amines is 1. The van der Waals surface area contributed by atoms with Crippen molar-refractivity contribution >= 4 is 10.9 Å². The van der Waals surface area contributed by atoms with Crippen molar-refractivity contribution in [3.8, 4) is 0 Å². The van der Waals surface area contributed by atoms with Crippen molar-refractivity contribution in [1.29, 1.82) is 0 Å². The number of hydrogen-bond donors (Lipinski definition) is 1. The lowest BCUT2D eigenvalue weighted by Crippen LogP contribution is -1.63. The molecule has 0 aliphatic rings. The third-order valence-electron chi connectivity index (χ3n) is 1.35. The Balaban J connectivity index is 0.000000213. The SMILES string of the molecule is CCC.c1ccc2[nH]ncc2c1. The summed E-state index contributed by atoms with van der Waals surface area (Å²) in [6, 6.07) is 8.01. The molecule has 0 atom stereocenters. The second-order valence-electron chi connectivity index (χ2n) is 2.66. The van der Waals surface area contributed by atoms with Gasteiger partial charge >= 0.3 is 0 Å². The Hall–Kier alpha value is -1.31. The predicted octanol–water partition coefficient (Wildman–Crippen LogP) is 2.98. The van der Waals surface area contributed by atoms with E-state index in [9.17, 15) is 0 Å². The highest BCUT2D eigenvalue weighted by molar-refractivity contribution is 5.77. The third-order valence-corrected chi connectivity index (χ3v) is 1.35. The Kier molecular flexibility index (Phi) is 3.33. The van der Waals surface area contributed by atoms with E-state index in [1.807, 2.05) is 30.5 Å². The molecular weight excluding hydrogens is 148 g/mol. The van der Waals surface area contributed by atoms with Crippen molar-refractivity contribution < 1.29 is 0 Å². The number of nitrogens with one attached hydrogen (secondary N) is 1. The minimum Gasteiger partial charge on any atom is -0.278 e. The van der Waals surface area contributed by atoms with Crippen molar-refractivity contribution in [3.63, 3.8) is 0 Å². The Bertz CT molecular complexity index is 295. The molecule has 1 aromatic heterocycles. The first kappa shape index (κ1) is 8.78. The van der Waals surface area contributed by atoms with Crippen LogP contribution >= 0.6 is 0 Å². The van der Waals surface area contributed by atoms with Crippen LogP contribution < -0.4 is 0 Å². The maximum absolute atomic E-state index is 3.88. The Morgan fingerprint density at radius 1 is 1.25 bits per heavy atom. The number of rotatable bonds is 0. The molecule has 0 saturated heterocycles.